The summed E-state index contributed by atoms with van der Waals surface area (Å²) in [6.45, 7) is 0. The minimum absolute atomic E-state index is 0.340. The molecule has 1 nitrogen and oxygen atoms in total. The topological polar surface area (TPSA) is 26.0 Å². The van der Waals surface area contributed by atoms with Crippen molar-refractivity contribution in [1.29, 1.82) is 0 Å². The van der Waals surface area contributed by atoms with Crippen LogP contribution >= 0.6 is 11.6 Å². The van der Waals surface area contributed by atoms with Crippen LogP contribution in [0.15, 0.2) is 42.5 Å². The third kappa shape index (κ3) is 2.66. The Morgan fingerprint density at radius 1 is 1.00 bits per heavy atom. The van der Waals surface area contributed by atoms with Gasteiger partial charge in [-0.3, -0.25) is 0 Å². The van der Waals surface area contributed by atoms with E-state index in [9.17, 15) is 4.39 Å². The molecule has 0 aliphatic rings. The zero-order valence-corrected chi connectivity index (χ0v) is 9.79. The van der Waals surface area contributed by atoms with Crippen molar-refractivity contribution in [2.75, 3.05) is 5.73 Å². The third-order valence-electron chi connectivity index (χ3n) is 2.42. The van der Waals surface area contributed by atoms with Crippen LogP contribution in [-0.4, -0.2) is 0 Å². The third-order valence-corrected chi connectivity index (χ3v) is 2.77. The molecule has 0 atom stereocenters. The summed E-state index contributed by atoms with van der Waals surface area (Å²) in [5, 5.41) is 0.624. The molecule has 0 heterocycles. The molecule has 0 aliphatic carbocycles. The van der Waals surface area contributed by atoms with Crippen molar-refractivity contribution < 1.29 is 4.39 Å². The van der Waals surface area contributed by atoms with Crippen molar-refractivity contribution in [3.8, 4) is 0 Å². The predicted molar refractivity (Wildman–Crippen MR) is 71.2 cm³/mol. The zero-order chi connectivity index (χ0) is 12.3. The Hall–Kier alpha value is -1.80. The van der Waals surface area contributed by atoms with E-state index in [2.05, 4.69) is 0 Å². The van der Waals surface area contributed by atoms with E-state index in [0.29, 0.717) is 16.3 Å². The van der Waals surface area contributed by atoms with Crippen molar-refractivity contribution in [2.24, 2.45) is 0 Å². The number of nitrogens with two attached hydrogens (primary N) is 1. The van der Waals surface area contributed by atoms with Gasteiger partial charge in [-0.05, 0) is 29.8 Å². The SMILES string of the molecule is Nc1cccc(F)c1/C=C/c1ccccc1Cl. The Morgan fingerprint density at radius 2 is 1.76 bits per heavy atom. The first kappa shape index (κ1) is 11.7. The van der Waals surface area contributed by atoms with Gasteiger partial charge in [0.1, 0.15) is 5.82 Å². The minimum atomic E-state index is -0.340. The molecule has 2 N–H and O–H groups in total. The Kier molecular flexibility index (Phi) is 3.45. The number of hydrogen-bond acceptors (Lipinski definition) is 1. The van der Waals surface area contributed by atoms with Crippen LogP contribution in [-0.2, 0) is 0 Å². The Bertz CT molecular complexity index is 544. The van der Waals surface area contributed by atoms with Gasteiger partial charge in [0.15, 0.2) is 0 Å². The summed E-state index contributed by atoms with van der Waals surface area (Å²) < 4.78 is 13.5. The molecular weight excluding hydrogens is 237 g/mol. The van der Waals surface area contributed by atoms with E-state index in [1.165, 1.54) is 6.07 Å². The zero-order valence-electron chi connectivity index (χ0n) is 9.03. The second-order valence-corrected chi connectivity index (χ2v) is 4.00. The Morgan fingerprint density at radius 3 is 2.47 bits per heavy atom. The first-order valence-electron chi connectivity index (χ1n) is 5.15. The molecule has 0 aliphatic heterocycles. The highest BCUT2D eigenvalue weighted by atomic mass is 35.5. The highest BCUT2D eigenvalue weighted by molar-refractivity contribution is 6.32. The molecule has 0 saturated heterocycles. The van der Waals surface area contributed by atoms with E-state index in [-0.39, 0.29) is 5.82 Å². The number of hydrogen-bond donors (Lipinski definition) is 1. The molecule has 0 unspecified atom stereocenters. The minimum Gasteiger partial charge on any atom is -0.398 e. The van der Waals surface area contributed by atoms with Crippen molar-refractivity contribution in [1.82, 2.24) is 0 Å². The van der Waals surface area contributed by atoms with Crippen molar-refractivity contribution in [3.63, 3.8) is 0 Å². The predicted octanol–water partition coefficient (Wildman–Crippen LogP) is 4.23. The molecule has 0 bridgehead atoms. The van der Waals surface area contributed by atoms with Crippen LogP contribution in [0, 0.1) is 5.82 Å². The van der Waals surface area contributed by atoms with E-state index in [0.717, 1.165) is 5.56 Å². The number of rotatable bonds is 2. The summed E-state index contributed by atoms with van der Waals surface area (Å²) >= 11 is 5.99. The maximum atomic E-state index is 13.5. The van der Waals surface area contributed by atoms with Gasteiger partial charge >= 0.3 is 0 Å². The van der Waals surface area contributed by atoms with E-state index < -0.39 is 0 Å². The largest absolute Gasteiger partial charge is 0.398 e. The molecular formula is C14H11ClFN. The number of anilines is 1. The molecule has 2 rings (SSSR count). The van der Waals surface area contributed by atoms with Crippen LogP contribution in [0.1, 0.15) is 11.1 Å². The molecule has 0 spiro atoms. The van der Waals surface area contributed by atoms with Crippen LogP contribution in [0.3, 0.4) is 0 Å². The van der Waals surface area contributed by atoms with Crippen molar-refractivity contribution >= 4 is 29.4 Å². The van der Waals surface area contributed by atoms with Gasteiger partial charge in [-0.25, -0.2) is 4.39 Å². The summed E-state index contributed by atoms with van der Waals surface area (Å²) in [6.07, 6.45) is 3.38. The molecule has 0 aromatic heterocycles. The maximum Gasteiger partial charge on any atom is 0.132 e. The summed E-state index contributed by atoms with van der Waals surface area (Å²) in [5.41, 5.74) is 7.32. The summed E-state index contributed by atoms with van der Waals surface area (Å²) in [5.74, 6) is -0.340. The molecule has 0 saturated carbocycles. The highest BCUT2D eigenvalue weighted by Gasteiger charge is 2.02. The number of benzene rings is 2. The Labute approximate surface area is 104 Å². The normalized spacial score (nSPS) is 10.9. The molecule has 2 aromatic carbocycles. The lowest BCUT2D eigenvalue weighted by molar-refractivity contribution is 0.626. The molecule has 0 fully saturated rings. The van der Waals surface area contributed by atoms with Crippen molar-refractivity contribution in [3.05, 3.63) is 64.4 Å². The van der Waals surface area contributed by atoms with Crippen LogP contribution in [0.2, 0.25) is 5.02 Å². The van der Waals surface area contributed by atoms with Crippen LogP contribution in [0.25, 0.3) is 12.2 Å². The summed E-state index contributed by atoms with van der Waals surface area (Å²) in [4.78, 5) is 0. The fourth-order valence-electron chi connectivity index (χ4n) is 1.51. The molecule has 3 heteroatoms. The second-order valence-electron chi connectivity index (χ2n) is 3.60. The van der Waals surface area contributed by atoms with Gasteiger partial charge in [0.2, 0.25) is 0 Å². The number of halogens is 2. The first-order valence-corrected chi connectivity index (χ1v) is 5.53. The van der Waals surface area contributed by atoms with Crippen LogP contribution in [0.4, 0.5) is 10.1 Å². The molecule has 0 amide bonds. The molecule has 86 valence electrons. The summed E-state index contributed by atoms with van der Waals surface area (Å²) in [6, 6.07) is 12.0. The van der Waals surface area contributed by atoms with Crippen LogP contribution in [0.5, 0.6) is 0 Å². The van der Waals surface area contributed by atoms with Gasteiger partial charge in [0, 0.05) is 16.3 Å². The first-order chi connectivity index (χ1) is 8.18. The van der Waals surface area contributed by atoms with Gasteiger partial charge < -0.3 is 5.73 Å². The van der Waals surface area contributed by atoms with Gasteiger partial charge in [-0.2, -0.15) is 0 Å². The average molecular weight is 248 g/mol. The van der Waals surface area contributed by atoms with E-state index >= 15 is 0 Å². The molecule has 0 radical (unpaired) electrons. The van der Waals surface area contributed by atoms with E-state index in [4.69, 9.17) is 17.3 Å². The lowest BCUT2D eigenvalue weighted by Gasteiger charge is -2.02. The number of nitrogen functional groups attached to an aromatic ring is 1. The standard InChI is InChI=1S/C14H11ClFN/c15-12-5-2-1-4-10(12)8-9-11-13(16)6-3-7-14(11)17/h1-9H,17H2/b9-8+. The van der Waals surface area contributed by atoms with Gasteiger partial charge in [-0.15, -0.1) is 0 Å². The monoisotopic (exact) mass is 247 g/mol. The maximum absolute atomic E-state index is 13.5. The highest BCUT2D eigenvalue weighted by Crippen LogP contribution is 2.21. The molecule has 17 heavy (non-hydrogen) atoms. The second kappa shape index (κ2) is 5.02. The molecule has 2 aromatic rings. The van der Waals surface area contributed by atoms with E-state index in [1.54, 1.807) is 30.4 Å². The average Bonchev–Trinajstić information content (AvgIpc) is 2.30. The van der Waals surface area contributed by atoms with Gasteiger partial charge in [0.05, 0.1) is 0 Å². The lowest BCUT2D eigenvalue weighted by Crippen LogP contribution is -1.91. The lowest BCUT2D eigenvalue weighted by atomic mass is 10.1. The smallest absolute Gasteiger partial charge is 0.132 e. The van der Waals surface area contributed by atoms with Gasteiger partial charge in [0.25, 0.3) is 0 Å². The quantitative estimate of drug-likeness (QED) is 0.624. The van der Waals surface area contributed by atoms with Crippen LogP contribution < -0.4 is 5.73 Å². The fourth-order valence-corrected chi connectivity index (χ4v) is 1.71. The Balaban J connectivity index is 2.36. The van der Waals surface area contributed by atoms with E-state index in [1.807, 2.05) is 18.2 Å². The summed E-state index contributed by atoms with van der Waals surface area (Å²) in [7, 11) is 0. The van der Waals surface area contributed by atoms with Crippen molar-refractivity contribution in [2.45, 2.75) is 0 Å². The van der Waals surface area contributed by atoms with Gasteiger partial charge in [-0.1, -0.05) is 41.9 Å². The fraction of sp³-hybridized carbons (Fsp3) is 0.